The van der Waals surface area contributed by atoms with Gasteiger partial charge in [0.15, 0.2) is 11.5 Å². The lowest BCUT2D eigenvalue weighted by molar-refractivity contribution is -0.130. The quantitative estimate of drug-likeness (QED) is 0.766. The van der Waals surface area contributed by atoms with E-state index in [2.05, 4.69) is 15.5 Å². The van der Waals surface area contributed by atoms with Gasteiger partial charge >= 0.3 is 0 Å². The van der Waals surface area contributed by atoms with E-state index in [1.807, 2.05) is 36.9 Å². The number of nitrogens with zero attached hydrogens (tertiary/aromatic N) is 4. The third kappa shape index (κ3) is 2.79. The van der Waals surface area contributed by atoms with Gasteiger partial charge in [0.05, 0.1) is 18.4 Å². The average molecular weight is 341 g/mol. The molecule has 1 aliphatic heterocycles. The largest absolute Gasteiger partial charge is 0.485 e. The number of carbonyl (C=O) groups is 1. The zero-order valence-corrected chi connectivity index (χ0v) is 14.1. The Balaban J connectivity index is 1.36. The fourth-order valence-electron chi connectivity index (χ4n) is 3.03. The summed E-state index contributed by atoms with van der Waals surface area (Å²) < 4.78 is 14.9. The third-order valence-corrected chi connectivity index (χ3v) is 4.24. The highest BCUT2D eigenvalue weighted by Gasteiger charge is 2.26. The highest BCUT2D eigenvalue weighted by atomic mass is 16.6. The Hall–Kier alpha value is -3.03. The van der Waals surface area contributed by atoms with Crippen LogP contribution in [0.4, 0.5) is 0 Å². The Morgan fingerprint density at radius 2 is 2.16 bits per heavy atom. The molecular weight excluding hydrogens is 322 g/mol. The molecule has 8 nitrogen and oxygen atoms in total. The lowest BCUT2D eigenvalue weighted by atomic mass is 10.2. The first-order chi connectivity index (χ1) is 12.1. The predicted octanol–water partition coefficient (Wildman–Crippen LogP) is 1.03. The van der Waals surface area contributed by atoms with E-state index in [4.69, 9.17) is 9.47 Å². The number of carbonyl (C=O) groups excluding carboxylic acids is 1. The van der Waals surface area contributed by atoms with Crippen LogP contribution in [0.25, 0.3) is 11.0 Å². The van der Waals surface area contributed by atoms with E-state index in [1.165, 1.54) is 0 Å². The van der Waals surface area contributed by atoms with Crippen LogP contribution in [-0.2, 0) is 18.4 Å². The number of nitrogens with one attached hydrogen (secondary N) is 1. The highest BCUT2D eigenvalue weighted by molar-refractivity contribution is 5.81. The summed E-state index contributed by atoms with van der Waals surface area (Å²) in [5, 5.41) is 11.6. The van der Waals surface area contributed by atoms with Crippen LogP contribution < -0.4 is 14.8 Å². The first-order valence-corrected chi connectivity index (χ1v) is 8.15. The van der Waals surface area contributed by atoms with E-state index < -0.39 is 6.10 Å². The monoisotopic (exact) mass is 341 g/mol. The van der Waals surface area contributed by atoms with Crippen molar-refractivity contribution < 1.29 is 14.3 Å². The zero-order valence-electron chi connectivity index (χ0n) is 14.1. The first kappa shape index (κ1) is 15.5. The molecule has 1 aromatic carbocycles. The molecule has 1 atom stereocenters. The molecule has 0 saturated heterocycles. The Morgan fingerprint density at radius 3 is 3.00 bits per heavy atom. The van der Waals surface area contributed by atoms with Gasteiger partial charge in [0.25, 0.3) is 5.91 Å². The summed E-state index contributed by atoms with van der Waals surface area (Å²) in [6, 6.07) is 7.33. The molecule has 1 unspecified atom stereocenters. The van der Waals surface area contributed by atoms with Gasteiger partial charge in [-0.15, -0.1) is 0 Å². The number of hydrogen-bond donors (Lipinski definition) is 1. The molecule has 1 aliphatic rings. The second kappa shape index (κ2) is 6.12. The van der Waals surface area contributed by atoms with Gasteiger partial charge in [-0.2, -0.15) is 10.2 Å². The number of amides is 1. The molecule has 0 bridgehead atoms. The maximum atomic E-state index is 12.3. The molecule has 130 valence electrons. The number of para-hydroxylation sites is 2. The minimum Gasteiger partial charge on any atom is -0.485 e. The minimum absolute atomic E-state index is 0.194. The van der Waals surface area contributed by atoms with Gasteiger partial charge in [0, 0.05) is 13.6 Å². The summed E-state index contributed by atoms with van der Waals surface area (Å²) in [6.45, 7) is 3.16. The molecule has 2 aromatic heterocycles. The van der Waals surface area contributed by atoms with Gasteiger partial charge in [-0.1, -0.05) is 12.1 Å². The van der Waals surface area contributed by atoms with E-state index >= 15 is 0 Å². The molecule has 0 saturated carbocycles. The molecule has 0 spiro atoms. The van der Waals surface area contributed by atoms with Crippen LogP contribution in [0.2, 0.25) is 0 Å². The van der Waals surface area contributed by atoms with Crippen molar-refractivity contribution in [1.29, 1.82) is 0 Å². The van der Waals surface area contributed by atoms with Crippen molar-refractivity contribution >= 4 is 16.9 Å². The second-order valence-electron chi connectivity index (χ2n) is 5.97. The number of rotatable bonds is 4. The first-order valence-electron chi connectivity index (χ1n) is 8.15. The van der Waals surface area contributed by atoms with Gasteiger partial charge in [-0.3, -0.25) is 14.2 Å². The maximum Gasteiger partial charge on any atom is 0.264 e. The van der Waals surface area contributed by atoms with Crippen molar-refractivity contribution in [2.24, 2.45) is 7.05 Å². The normalized spacial score (nSPS) is 16.2. The van der Waals surface area contributed by atoms with Crippen molar-refractivity contribution in [3.8, 4) is 11.5 Å². The minimum atomic E-state index is -0.646. The van der Waals surface area contributed by atoms with Gasteiger partial charge in [-0.25, -0.2) is 0 Å². The maximum absolute atomic E-state index is 12.3. The fraction of sp³-hybridized carbons (Fsp3) is 0.353. The summed E-state index contributed by atoms with van der Waals surface area (Å²) >= 11 is 0. The smallest absolute Gasteiger partial charge is 0.264 e. The number of fused-ring (bicyclic) bond motifs is 2. The van der Waals surface area contributed by atoms with Crippen LogP contribution in [0.5, 0.6) is 11.5 Å². The van der Waals surface area contributed by atoms with Crippen molar-refractivity contribution in [3.05, 3.63) is 36.2 Å². The Kier molecular flexibility index (Phi) is 3.79. The van der Waals surface area contributed by atoms with Gasteiger partial charge in [0.1, 0.15) is 17.6 Å². The van der Waals surface area contributed by atoms with E-state index in [1.54, 1.807) is 16.9 Å². The molecule has 1 amide bonds. The molecule has 4 rings (SSSR count). The summed E-state index contributed by atoms with van der Waals surface area (Å²) in [5.74, 6) is 1.06. The van der Waals surface area contributed by atoms with E-state index in [9.17, 15) is 4.79 Å². The highest BCUT2D eigenvalue weighted by Crippen LogP contribution is 2.30. The van der Waals surface area contributed by atoms with Gasteiger partial charge < -0.3 is 14.8 Å². The van der Waals surface area contributed by atoms with Crippen LogP contribution in [0.3, 0.4) is 0 Å². The van der Waals surface area contributed by atoms with Crippen LogP contribution in [0.15, 0.2) is 30.5 Å². The van der Waals surface area contributed by atoms with Crippen molar-refractivity contribution in [1.82, 2.24) is 24.9 Å². The molecule has 3 heterocycles. The number of aromatic nitrogens is 4. The number of aryl methyl sites for hydroxylation is 2. The molecule has 0 fully saturated rings. The summed E-state index contributed by atoms with van der Waals surface area (Å²) in [5.41, 5.74) is 2.88. The van der Waals surface area contributed by atoms with Gasteiger partial charge in [0.2, 0.25) is 6.10 Å². The molecular formula is C17H19N5O3. The van der Waals surface area contributed by atoms with Gasteiger partial charge in [-0.05, 0) is 19.1 Å². The molecule has 0 aliphatic carbocycles. The van der Waals surface area contributed by atoms with Crippen LogP contribution >= 0.6 is 0 Å². The van der Waals surface area contributed by atoms with Crippen LogP contribution in [-0.4, -0.2) is 44.7 Å². The second-order valence-corrected chi connectivity index (χ2v) is 5.97. The Morgan fingerprint density at radius 1 is 1.36 bits per heavy atom. The average Bonchev–Trinajstić information content (AvgIpc) is 3.16. The number of benzene rings is 1. The molecule has 3 aromatic rings. The van der Waals surface area contributed by atoms with Crippen LogP contribution in [0, 0.1) is 6.92 Å². The molecule has 8 heteroatoms. The van der Waals surface area contributed by atoms with E-state index in [-0.39, 0.29) is 12.5 Å². The Bertz CT molecular complexity index is 930. The Labute approximate surface area is 144 Å². The lowest BCUT2D eigenvalue weighted by Crippen LogP contribution is -2.44. The summed E-state index contributed by atoms with van der Waals surface area (Å²) in [4.78, 5) is 12.3. The molecule has 0 radical (unpaired) electrons. The SMILES string of the molecule is Cc1nn(C)c2cnn(CCNC(=O)C3COc4ccccc4O3)c12. The molecule has 25 heavy (non-hydrogen) atoms. The fourth-order valence-corrected chi connectivity index (χ4v) is 3.03. The summed E-state index contributed by atoms with van der Waals surface area (Å²) in [6.07, 6.45) is 1.14. The van der Waals surface area contributed by atoms with E-state index in [0.29, 0.717) is 24.6 Å². The zero-order chi connectivity index (χ0) is 17.4. The predicted molar refractivity (Wildman–Crippen MR) is 90.6 cm³/mol. The number of ether oxygens (including phenoxy) is 2. The van der Waals surface area contributed by atoms with Crippen molar-refractivity contribution in [3.63, 3.8) is 0 Å². The van der Waals surface area contributed by atoms with Crippen molar-refractivity contribution in [2.45, 2.75) is 19.6 Å². The van der Waals surface area contributed by atoms with E-state index in [0.717, 1.165) is 16.7 Å². The standard InChI is InChI=1S/C17H19N5O3/c1-11-16-12(21(2)20-11)9-19-22(16)8-7-18-17(23)15-10-24-13-5-3-4-6-14(13)25-15/h3-6,9,15H,7-8,10H2,1-2H3,(H,18,23). The number of hydrogen-bond acceptors (Lipinski definition) is 5. The van der Waals surface area contributed by atoms with Crippen LogP contribution in [0.1, 0.15) is 5.69 Å². The molecule has 1 N–H and O–H groups in total. The third-order valence-electron chi connectivity index (χ3n) is 4.24. The van der Waals surface area contributed by atoms with Crippen molar-refractivity contribution in [2.75, 3.05) is 13.2 Å². The summed E-state index contributed by atoms with van der Waals surface area (Å²) in [7, 11) is 1.89. The lowest BCUT2D eigenvalue weighted by Gasteiger charge is -2.25. The topological polar surface area (TPSA) is 83.2 Å².